The van der Waals surface area contributed by atoms with Gasteiger partial charge in [-0.2, -0.15) is 0 Å². The van der Waals surface area contributed by atoms with E-state index < -0.39 is 12.0 Å². The number of hydrogen-bond acceptors (Lipinski definition) is 2. The lowest BCUT2D eigenvalue weighted by molar-refractivity contribution is -0.144. The summed E-state index contributed by atoms with van der Waals surface area (Å²) < 4.78 is 0. The van der Waals surface area contributed by atoms with Crippen molar-refractivity contribution in [2.75, 3.05) is 6.54 Å². The highest BCUT2D eigenvalue weighted by Crippen LogP contribution is 2.27. The summed E-state index contributed by atoms with van der Waals surface area (Å²) in [5, 5.41) is 9.92. The van der Waals surface area contributed by atoms with Gasteiger partial charge < -0.3 is 10.0 Å². The predicted octanol–water partition coefficient (Wildman–Crippen LogP) is 3.36. The Balaban J connectivity index is 2.24. The van der Waals surface area contributed by atoms with E-state index in [0.29, 0.717) is 29.5 Å². The molecule has 1 amide bonds. The SMILES string of the molecule is CCC1CCN(C(=O)c2ccc(C)c(Cl)c2)C(C(=O)O)C1. The molecular weight excluding hydrogens is 290 g/mol. The van der Waals surface area contributed by atoms with Crippen molar-refractivity contribution in [3.8, 4) is 0 Å². The first-order valence-corrected chi connectivity index (χ1v) is 7.61. The lowest BCUT2D eigenvalue weighted by Gasteiger charge is -2.37. The van der Waals surface area contributed by atoms with E-state index in [1.807, 2.05) is 6.92 Å². The van der Waals surface area contributed by atoms with E-state index in [0.717, 1.165) is 18.4 Å². The molecule has 5 heteroatoms. The van der Waals surface area contributed by atoms with Crippen molar-refractivity contribution in [1.29, 1.82) is 0 Å². The minimum absolute atomic E-state index is 0.251. The molecule has 1 heterocycles. The van der Waals surface area contributed by atoms with Gasteiger partial charge in [-0.1, -0.05) is 31.0 Å². The zero-order chi connectivity index (χ0) is 15.6. The van der Waals surface area contributed by atoms with Crippen molar-refractivity contribution in [1.82, 2.24) is 4.90 Å². The highest BCUT2D eigenvalue weighted by atomic mass is 35.5. The van der Waals surface area contributed by atoms with Crippen LogP contribution in [0.2, 0.25) is 5.02 Å². The van der Waals surface area contributed by atoms with Gasteiger partial charge >= 0.3 is 5.97 Å². The summed E-state index contributed by atoms with van der Waals surface area (Å²) in [4.78, 5) is 25.5. The van der Waals surface area contributed by atoms with Crippen LogP contribution in [-0.4, -0.2) is 34.5 Å². The number of nitrogens with zero attached hydrogens (tertiary/aromatic N) is 1. The summed E-state index contributed by atoms with van der Waals surface area (Å²) in [6, 6.07) is 4.36. The molecule has 0 saturated carbocycles. The molecule has 114 valence electrons. The molecule has 2 rings (SSSR count). The molecule has 1 aliphatic heterocycles. The van der Waals surface area contributed by atoms with Crippen LogP contribution in [0.5, 0.6) is 0 Å². The number of aryl methyl sites for hydroxylation is 1. The Morgan fingerprint density at radius 2 is 2.14 bits per heavy atom. The van der Waals surface area contributed by atoms with Gasteiger partial charge in [0.15, 0.2) is 0 Å². The minimum Gasteiger partial charge on any atom is -0.480 e. The van der Waals surface area contributed by atoms with Crippen LogP contribution in [0.1, 0.15) is 42.1 Å². The number of rotatable bonds is 3. The highest BCUT2D eigenvalue weighted by Gasteiger charge is 2.35. The third-order valence-electron chi connectivity index (χ3n) is 4.25. The Bertz CT molecular complexity index is 558. The number of carbonyl (C=O) groups is 2. The number of piperidine rings is 1. The van der Waals surface area contributed by atoms with Gasteiger partial charge in [-0.15, -0.1) is 0 Å². The van der Waals surface area contributed by atoms with Crippen LogP contribution in [0.4, 0.5) is 0 Å². The summed E-state index contributed by atoms with van der Waals surface area (Å²) in [6.07, 6.45) is 2.32. The third-order valence-corrected chi connectivity index (χ3v) is 4.66. The molecule has 0 spiro atoms. The quantitative estimate of drug-likeness (QED) is 0.931. The summed E-state index contributed by atoms with van der Waals surface area (Å²) in [5.41, 5.74) is 1.35. The van der Waals surface area contributed by atoms with Crippen molar-refractivity contribution in [2.45, 2.75) is 39.2 Å². The van der Waals surface area contributed by atoms with Crippen LogP contribution in [0, 0.1) is 12.8 Å². The Labute approximate surface area is 129 Å². The predicted molar refractivity (Wildman–Crippen MR) is 81.7 cm³/mol. The van der Waals surface area contributed by atoms with E-state index in [9.17, 15) is 14.7 Å². The number of carbonyl (C=O) groups excluding carboxylic acids is 1. The first-order chi connectivity index (χ1) is 9.93. The van der Waals surface area contributed by atoms with Crippen molar-refractivity contribution in [2.24, 2.45) is 5.92 Å². The monoisotopic (exact) mass is 309 g/mol. The summed E-state index contributed by atoms with van der Waals surface area (Å²) in [7, 11) is 0. The average molecular weight is 310 g/mol. The molecule has 1 N–H and O–H groups in total. The fourth-order valence-electron chi connectivity index (χ4n) is 2.78. The number of likely N-dealkylation sites (tertiary alicyclic amines) is 1. The van der Waals surface area contributed by atoms with Gasteiger partial charge in [0.25, 0.3) is 5.91 Å². The van der Waals surface area contributed by atoms with Crippen molar-refractivity contribution >= 4 is 23.5 Å². The summed E-state index contributed by atoms with van der Waals surface area (Å²) >= 11 is 6.05. The van der Waals surface area contributed by atoms with Gasteiger partial charge in [0.2, 0.25) is 0 Å². The number of hydrogen-bond donors (Lipinski definition) is 1. The molecule has 0 radical (unpaired) electrons. The van der Waals surface area contributed by atoms with Gasteiger partial charge in [0, 0.05) is 17.1 Å². The zero-order valence-electron chi connectivity index (χ0n) is 12.3. The normalized spacial score (nSPS) is 22.1. The molecule has 1 fully saturated rings. The molecule has 1 aliphatic rings. The second-order valence-corrected chi connectivity index (χ2v) is 6.02. The largest absolute Gasteiger partial charge is 0.480 e. The molecule has 1 aromatic rings. The fourth-order valence-corrected chi connectivity index (χ4v) is 2.96. The van der Waals surface area contributed by atoms with E-state index >= 15 is 0 Å². The van der Waals surface area contributed by atoms with Crippen LogP contribution in [0.3, 0.4) is 0 Å². The zero-order valence-corrected chi connectivity index (χ0v) is 13.1. The summed E-state index contributed by atoms with van der Waals surface area (Å²) in [5.74, 6) is -0.810. The van der Waals surface area contributed by atoms with Gasteiger partial charge in [-0.3, -0.25) is 4.79 Å². The van der Waals surface area contributed by atoms with Crippen LogP contribution in [0.15, 0.2) is 18.2 Å². The van der Waals surface area contributed by atoms with Crippen LogP contribution in [-0.2, 0) is 4.79 Å². The van der Waals surface area contributed by atoms with Gasteiger partial charge in [-0.25, -0.2) is 4.79 Å². The molecule has 2 atom stereocenters. The van der Waals surface area contributed by atoms with E-state index in [2.05, 4.69) is 6.92 Å². The number of amides is 1. The van der Waals surface area contributed by atoms with Crippen LogP contribution < -0.4 is 0 Å². The van der Waals surface area contributed by atoms with Crippen molar-refractivity contribution in [3.63, 3.8) is 0 Å². The Kier molecular flexibility index (Phi) is 4.88. The molecule has 1 aromatic carbocycles. The smallest absolute Gasteiger partial charge is 0.326 e. The fraction of sp³-hybridized carbons (Fsp3) is 0.500. The molecule has 0 bridgehead atoms. The van der Waals surface area contributed by atoms with Gasteiger partial charge in [0.05, 0.1) is 0 Å². The number of halogens is 1. The molecule has 4 nitrogen and oxygen atoms in total. The average Bonchev–Trinajstić information content (AvgIpc) is 2.48. The second-order valence-electron chi connectivity index (χ2n) is 5.62. The Hall–Kier alpha value is -1.55. The van der Waals surface area contributed by atoms with Gasteiger partial charge in [-0.05, 0) is 43.4 Å². The number of benzene rings is 1. The maximum atomic E-state index is 12.6. The molecule has 0 aliphatic carbocycles. The van der Waals surface area contributed by atoms with Crippen LogP contribution in [0.25, 0.3) is 0 Å². The summed E-state index contributed by atoms with van der Waals surface area (Å²) in [6.45, 7) is 4.41. The molecule has 21 heavy (non-hydrogen) atoms. The lowest BCUT2D eigenvalue weighted by atomic mass is 9.88. The van der Waals surface area contributed by atoms with E-state index in [1.54, 1.807) is 18.2 Å². The van der Waals surface area contributed by atoms with E-state index in [4.69, 9.17) is 11.6 Å². The minimum atomic E-state index is -0.931. The van der Waals surface area contributed by atoms with Crippen LogP contribution >= 0.6 is 11.6 Å². The van der Waals surface area contributed by atoms with E-state index in [1.165, 1.54) is 4.90 Å². The number of aliphatic carboxylic acids is 1. The molecule has 0 aromatic heterocycles. The Morgan fingerprint density at radius 1 is 1.43 bits per heavy atom. The molecule has 1 saturated heterocycles. The van der Waals surface area contributed by atoms with E-state index in [-0.39, 0.29) is 5.91 Å². The first kappa shape index (κ1) is 15.8. The number of carboxylic acid groups (broad SMARTS) is 1. The van der Waals surface area contributed by atoms with Crippen molar-refractivity contribution < 1.29 is 14.7 Å². The van der Waals surface area contributed by atoms with Gasteiger partial charge in [0.1, 0.15) is 6.04 Å². The lowest BCUT2D eigenvalue weighted by Crippen LogP contribution is -2.50. The Morgan fingerprint density at radius 3 is 2.71 bits per heavy atom. The highest BCUT2D eigenvalue weighted by molar-refractivity contribution is 6.31. The first-order valence-electron chi connectivity index (χ1n) is 7.24. The molecule has 2 unspecified atom stereocenters. The maximum absolute atomic E-state index is 12.6. The maximum Gasteiger partial charge on any atom is 0.326 e. The third kappa shape index (κ3) is 3.38. The topological polar surface area (TPSA) is 57.6 Å². The standard InChI is InChI=1S/C16H20ClNO3/c1-3-11-6-7-18(14(8-11)16(20)21)15(19)12-5-4-10(2)13(17)9-12/h4-5,9,11,14H,3,6-8H2,1-2H3,(H,20,21). The van der Waals surface area contributed by atoms with Crippen molar-refractivity contribution in [3.05, 3.63) is 34.3 Å². The molecular formula is C16H20ClNO3. The number of carboxylic acids is 1. The second kappa shape index (κ2) is 6.48.